The molecular weight excluding hydrogens is 212 g/mol. The second-order valence-electron chi connectivity index (χ2n) is 4.20. The molecule has 17 heavy (non-hydrogen) atoms. The van der Waals surface area contributed by atoms with Crippen LogP contribution in [0.4, 0.5) is 0 Å². The van der Waals surface area contributed by atoms with Gasteiger partial charge in [0.2, 0.25) is 0 Å². The number of fused-ring (bicyclic) bond motifs is 1. The molecule has 1 atom stereocenters. The topological polar surface area (TPSA) is 38.0 Å². The number of ether oxygens (including phenoxy) is 1. The van der Waals surface area contributed by atoms with Crippen LogP contribution in [0.25, 0.3) is 0 Å². The molecule has 0 fully saturated rings. The van der Waals surface area contributed by atoms with Crippen LogP contribution >= 0.6 is 0 Å². The highest BCUT2D eigenvalue weighted by atomic mass is 16.5. The molecule has 1 aromatic heterocycles. The van der Waals surface area contributed by atoms with E-state index in [0.717, 1.165) is 12.3 Å². The van der Waals surface area contributed by atoms with Gasteiger partial charge in [0.05, 0.1) is 6.61 Å². The fraction of sp³-hybridized carbons (Fsp3) is 0.214. The molecule has 0 spiro atoms. The molecule has 0 saturated heterocycles. The van der Waals surface area contributed by atoms with E-state index in [0.29, 0.717) is 18.2 Å². The Morgan fingerprint density at radius 2 is 2.18 bits per heavy atom. The minimum absolute atomic E-state index is 0.339. The Balaban J connectivity index is 1.87. The Kier molecular flexibility index (Phi) is 2.34. The smallest absolute Gasteiger partial charge is 0.122 e. The summed E-state index contributed by atoms with van der Waals surface area (Å²) in [4.78, 5) is 0. The minimum atomic E-state index is 0.339. The molecule has 0 N–H and O–H groups in total. The van der Waals surface area contributed by atoms with Crippen LogP contribution in [-0.4, -0.2) is 11.2 Å². The average molecular weight is 224 g/mol. The summed E-state index contributed by atoms with van der Waals surface area (Å²) in [6.45, 7) is 1.50. The van der Waals surface area contributed by atoms with Crippen molar-refractivity contribution in [3.63, 3.8) is 0 Å². The standard InChI is InChI=1S/C14H12N2O/c15-8-12-4-3-7-16(12)9-11-10-17-14-6-2-1-5-13(11)14/h1-7,11H,9-10H2. The highest BCUT2D eigenvalue weighted by molar-refractivity contribution is 5.39. The van der Waals surface area contributed by atoms with E-state index in [2.05, 4.69) is 12.1 Å². The maximum absolute atomic E-state index is 8.97. The fourth-order valence-electron chi connectivity index (χ4n) is 2.29. The van der Waals surface area contributed by atoms with Gasteiger partial charge in [-0.1, -0.05) is 18.2 Å². The molecule has 0 bridgehead atoms. The molecule has 0 aliphatic carbocycles. The van der Waals surface area contributed by atoms with Crippen molar-refractivity contribution >= 4 is 0 Å². The summed E-state index contributed by atoms with van der Waals surface area (Å²) < 4.78 is 7.62. The SMILES string of the molecule is N#Cc1cccn1CC1COc2ccccc21. The number of nitriles is 1. The van der Waals surface area contributed by atoms with E-state index in [-0.39, 0.29) is 0 Å². The molecule has 3 heteroatoms. The first-order chi connectivity index (χ1) is 8.38. The zero-order valence-corrected chi connectivity index (χ0v) is 9.34. The second-order valence-corrected chi connectivity index (χ2v) is 4.20. The van der Waals surface area contributed by atoms with E-state index in [1.807, 2.05) is 41.1 Å². The Morgan fingerprint density at radius 1 is 1.29 bits per heavy atom. The van der Waals surface area contributed by atoms with Gasteiger partial charge in [0, 0.05) is 24.2 Å². The number of hydrogen-bond acceptors (Lipinski definition) is 2. The van der Waals surface area contributed by atoms with Gasteiger partial charge in [0.1, 0.15) is 17.5 Å². The molecule has 3 rings (SSSR count). The summed E-state index contributed by atoms with van der Waals surface area (Å²) >= 11 is 0. The van der Waals surface area contributed by atoms with E-state index in [1.165, 1.54) is 5.56 Å². The van der Waals surface area contributed by atoms with Gasteiger partial charge in [0.15, 0.2) is 0 Å². The number of rotatable bonds is 2. The van der Waals surface area contributed by atoms with Crippen LogP contribution in [0.2, 0.25) is 0 Å². The van der Waals surface area contributed by atoms with Gasteiger partial charge in [-0.15, -0.1) is 0 Å². The van der Waals surface area contributed by atoms with Crippen molar-refractivity contribution in [2.75, 3.05) is 6.61 Å². The summed E-state index contributed by atoms with van der Waals surface area (Å²) in [5.74, 6) is 1.31. The number of hydrogen-bond donors (Lipinski definition) is 0. The molecule has 0 amide bonds. The molecular formula is C14H12N2O. The third kappa shape index (κ3) is 1.68. The van der Waals surface area contributed by atoms with Gasteiger partial charge in [-0.3, -0.25) is 0 Å². The third-order valence-corrected chi connectivity index (χ3v) is 3.16. The first-order valence-corrected chi connectivity index (χ1v) is 5.65. The Bertz CT molecular complexity index is 580. The molecule has 0 radical (unpaired) electrons. The number of nitrogens with zero attached hydrogens (tertiary/aromatic N) is 2. The van der Waals surface area contributed by atoms with E-state index in [9.17, 15) is 0 Å². The molecule has 1 aliphatic heterocycles. The summed E-state index contributed by atoms with van der Waals surface area (Å²) in [5.41, 5.74) is 1.94. The normalized spacial score (nSPS) is 17.2. The zero-order valence-electron chi connectivity index (χ0n) is 9.34. The maximum atomic E-state index is 8.97. The predicted molar refractivity (Wildman–Crippen MR) is 63.8 cm³/mol. The molecule has 2 aromatic rings. The maximum Gasteiger partial charge on any atom is 0.122 e. The Labute approximate surface area is 99.9 Å². The molecule has 3 nitrogen and oxygen atoms in total. The molecule has 84 valence electrons. The van der Waals surface area contributed by atoms with E-state index in [4.69, 9.17) is 10.00 Å². The molecule has 1 aromatic carbocycles. The summed E-state index contributed by atoms with van der Waals surface area (Å²) in [6.07, 6.45) is 1.94. The third-order valence-electron chi connectivity index (χ3n) is 3.16. The van der Waals surface area contributed by atoms with Crippen LogP contribution in [0.1, 0.15) is 17.2 Å². The quantitative estimate of drug-likeness (QED) is 0.786. The van der Waals surface area contributed by atoms with E-state index < -0.39 is 0 Å². The number of aromatic nitrogens is 1. The van der Waals surface area contributed by atoms with Crippen molar-refractivity contribution in [2.45, 2.75) is 12.5 Å². The lowest BCUT2D eigenvalue weighted by molar-refractivity contribution is 0.319. The molecule has 2 heterocycles. The average Bonchev–Trinajstić information content (AvgIpc) is 2.97. The lowest BCUT2D eigenvalue weighted by Gasteiger charge is -2.10. The van der Waals surface area contributed by atoms with Crippen LogP contribution < -0.4 is 4.74 Å². The van der Waals surface area contributed by atoms with Crippen molar-refractivity contribution in [3.05, 3.63) is 53.9 Å². The summed E-state index contributed by atoms with van der Waals surface area (Å²) in [6, 6.07) is 14.0. The van der Waals surface area contributed by atoms with Crippen molar-refractivity contribution in [1.29, 1.82) is 5.26 Å². The van der Waals surface area contributed by atoms with Crippen molar-refractivity contribution in [1.82, 2.24) is 4.57 Å². The van der Waals surface area contributed by atoms with Gasteiger partial charge in [-0.25, -0.2) is 0 Å². The van der Waals surface area contributed by atoms with Gasteiger partial charge >= 0.3 is 0 Å². The summed E-state index contributed by atoms with van der Waals surface area (Å²) in [7, 11) is 0. The molecule has 1 unspecified atom stereocenters. The zero-order chi connectivity index (χ0) is 11.7. The fourth-order valence-corrected chi connectivity index (χ4v) is 2.29. The van der Waals surface area contributed by atoms with Crippen molar-refractivity contribution < 1.29 is 4.74 Å². The first kappa shape index (κ1) is 9.98. The Hall–Kier alpha value is -2.21. The van der Waals surface area contributed by atoms with Gasteiger partial charge in [0.25, 0.3) is 0 Å². The van der Waals surface area contributed by atoms with Gasteiger partial charge in [-0.05, 0) is 18.2 Å². The Morgan fingerprint density at radius 3 is 3.06 bits per heavy atom. The van der Waals surface area contributed by atoms with Crippen molar-refractivity contribution in [3.8, 4) is 11.8 Å². The van der Waals surface area contributed by atoms with Crippen LogP contribution in [0, 0.1) is 11.3 Å². The summed E-state index contributed by atoms with van der Waals surface area (Å²) in [5, 5.41) is 8.97. The largest absolute Gasteiger partial charge is 0.493 e. The number of benzene rings is 1. The van der Waals surface area contributed by atoms with Crippen LogP contribution in [0.15, 0.2) is 42.6 Å². The van der Waals surface area contributed by atoms with Gasteiger partial charge < -0.3 is 9.30 Å². The monoisotopic (exact) mass is 224 g/mol. The highest BCUT2D eigenvalue weighted by Gasteiger charge is 2.24. The lowest BCUT2D eigenvalue weighted by atomic mass is 10.0. The van der Waals surface area contributed by atoms with Crippen molar-refractivity contribution in [2.24, 2.45) is 0 Å². The van der Waals surface area contributed by atoms with E-state index in [1.54, 1.807) is 0 Å². The van der Waals surface area contributed by atoms with Crippen LogP contribution in [0.5, 0.6) is 5.75 Å². The molecule has 0 saturated carbocycles. The van der Waals surface area contributed by atoms with Crippen LogP contribution in [-0.2, 0) is 6.54 Å². The molecule has 1 aliphatic rings. The van der Waals surface area contributed by atoms with Crippen LogP contribution in [0.3, 0.4) is 0 Å². The first-order valence-electron chi connectivity index (χ1n) is 5.65. The number of para-hydroxylation sites is 1. The van der Waals surface area contributed by atoms with Gasteiger partial charge in [-0.2, -0.15) is 5.26 Å². The van der Waals surface area contributed by atoms with E-state index >= 15 is 0 Å². The second kappa shape index (κ2) is 3.99. The minimum Gasteiger partial charge on any atom is -0.493 e. The highest BCUT2D eigenvalue weighted by Crippen LogP contribution is 2.34. The lowest BCUT2D eigenvalue weighted by Crippen LogP contribution is -2.11. The predicted octanol–water partition coefficient (Wildman–Crippen LogP) is 2.54.